The molecule has 3 rings (SSSR count). The highest BCUT2D eigenvalue weighted by Crippen LogP contribution is 2.37. The summed E-state index contributed by atoms with van der Waals surface area (Å²) >= 11 is 0. The van der Waals surface area contributed by atoms with Crippen LogP contribution in [0.5, 0.6) is 5.75 Å². The summed E-state index contributed by atoms with van der Waals surface area (Å²) < 4.78 is 17.9. The molecule has 0 bridgehead atoms. The van der Waals surface area contributed by atoms with E-state index in [1.165, 1.54) is 5.56 Å². The lowest BCUT2D eigenvalue weighted by molar-refractivity contribution is -0.196. The lowest BCUT2D eigenvalue weighted by atomic mass is 9.87. The van der Waals surface area contributed by atoms with Crippen LogP contribution >= 0.6 is 0 Å². The molecule has 1 saturated heterocycles. The van der Waals surface area contributed by atoms with E-state index in [0.29, 0.717) is 19.3 Å². The van der Waals surface area contributed by atoms with Gasteiger partial charge in [-0.2, -0.15) is 0 Å². The van der Waals surface area contributed by atoms with Crippen molar-refractivity contribution >= 4 is 0 Å². The molecule has 2 unspecified atom stereocenters. The number of hydrogen-bond donors (Lipinski definition) is 1. The number of aryl methyl sites for hydroxylation is 1. The Morgan fingerprint density at radius 3 is 2.57 bits per heavy atom. The molecule has 4 heteroatoms. The molecule has 21 heavy (non-hydrogen) atoms. The molecule has 0 aromatic heterocycles. The van der Waals surface area contributed by atoms with Gasteiger partial charge in [0, 0.05) is 18.9 Å². The van der Waals surface area contributed by atoms with Crippen molar-refractivity contribution in [1.29, 1.82) is 0 Å². The molecule has 1 aliphatic heterocycles. The van der Waals surface area contributed by atoms with Crippen molar-refractivity contribution in [3.8, 4) is 5.75 Å². The third kappa shape index (κ3) is 3.23. The minimum Gasteiger partial charge on any atom is -0.489 e. The molecule has 0 amide bonds. The molecule has 2 atom stereocenters. The number of likely N-dealkylation sites (N-methyl/N-ethyl adjacent to an activating group) is 1. The molecule has 2 aliphatic rings. The van der Waals surface area contributed by atoms with Gasteiger partial charge in [-0.15, -0.1) is 0 Å². The number of benzene rings is 1. The van der Waals surface area contributed by atoms with Crippen LogP contribution in [-0.2, 0) is 15.9 Å². The molecule has 1 aromatic rings. The van der Waals surface area contributed by atoms with Crippen LogP contribution in [0.4, 0.5) is 0 Å². The third-order valence-corrected chi connectivity index (χ3v) is 4.60. The summed E-state index contributed by atoms with van der Waals surface area (Å²) in [4.78, 5) is 0. The molecule has 1 aromatic carbocycles. The van der Waals surface area contributed by atoms with Gasteiger partial charge in [0.05, 0.1) is 13.2 Å². The maximum atomic E-state index is 6.22. The molecular formula is C17H25NO3. The molecule has 1 N–H and O–H groups in total. The van der Waals surface area contributed by atoms with Crippen molar-refractivity contribution < 1.29 is 14.2 Å². The minimum absolute atomic E-state index is 0.0781. The number of ether oxygens (including phenoxy) is 3. The zero-order chi connectivity index (χ0) is 14.7. The van der Waals surface area contributed by atoms with E-state index in [4.69, 9.17) is 14.2 Å². The molecule has 1 spiro atoms. The fraction of sp³-hybridized carbons (Fsp3) is 0.647. The summed E-state index contributed by atoms with van der Waals surface area (Å²) in [7, 11) is 2.00. The van der Waals surface area contributed by atoms with E-state index in [0.717, 1.165) is 31.4 Å². The Hall–Kier alpha value is -1.10. The maximum Gasteiger partial charge on any atom is 0.172 e. The second kappa shape index (κ2) is 6.34. The molecular weight excluding hydrogens is 266 g/mol. The Bertz CT molecular complexity index is 454. The first-order valence-electron chi connectivity index (χ1n) is 7.95. The first-order chi connectivity index (χ1) is 10.2. The van der Waals surface area contributed by atoms with Gasteiger partial charge in [0.15, 0.2) is 5.79 Å². The average Bonchev–Trinajstić information content (AvgIpc) is 2.96. The van der Waals surface area contributed by atoms with E-state index < -0.39 is 5.79 Å². The first-order valence-corrected chi connectivity index (χ1v) is 7.95. The standard InChI is InChI=1S/C17H25NO3/c1-3-13-4-6-14(7-5-13)21-16-12-17(19-10-11-20-17)9-8-15(16)18-2/h4-7,15-16,18H,3,8-12H2,1-2H3. The van der Waals surface area contributed by atoms with E-state index in [1.54, 1.807) is 0 Å². The van der Waals surface area contributed by atoms with Crippen molar-refractivity contribution in [2.24, 2.45) is 0 Å². The van der Waals surface area contributed by atoms with E-state index in [9.17, 15) is 0 Å². The molecule has 1 heterocycles. The normalized spacial score (nSPS) is 27.9. The molecule has 0 radical (unpaired) electrons. The largest absolute Gasteiger partial charge is 0.489 e. The van der Waals surface area contributed by atoms with Gasteiger partial charge in [-0.25, -0.2) is 0 Å². The van der Waals surface area contributed by atoms with Crippen molar-refractivity contribution in [3.05, 3.63) is 29.8 Å². The number of nitrogens with one attached hydrogen (secondary N) is 1. The second-order valence-electron chi connectivity index (χ2n) is 5.90. The Morgan fingerprint density at radius 1 is 1.24 bits per heavy atom. The highest BCUT2D eigenvalue weighted by molar-refractivity contribution is 5.27. The zero-order valence-corrected chi connectivity index (χ0v) is 12.9. The summed E-state index contributed by atoms with van der Waals surface area (Å²) in [6.45, 7) is 3.55. The lowest BCUT2D eigenvalue weighted by Crippen LogP contribution is -2.52. The van der Waals surface area contributed by atoms with E-state index >= 15 is 0 Å². The SMILES string of the molecule is CCc1ccc(OC2CC3(CCC2NC)OCCO3)cc1. The minimum atomic E-state index is -0.415. The zero-order valence-electron chi connectivity index (χ0n) is 12.9. The summed E-state index contributed by atoms with van der Waals surface area (Å²) in [6.07, 6.45) is 3.86. The average molecular weight is 291 g/mol. The van der Waals surface area contributed by atoms with Crippen molar-refractivity contribution in [1.82, 2.24) is 5.32 Å². The summed E-state index contributed by atoms with van der Waals surface area (Å²) in [5, 5.41) is 3.37. The Kier molecular flexibility index (Phi) is 4.48. The molecule has 4 nitrogen and oxygen atoms in total. The Labute approximate surface area is 126 Å². The quantitative estimate of drug-likeness (QED) is 0.925. The van der Waals surface area contributed by atoms with Gasteiger partial charge in [0.25, 0.3) is 0 Å². The second-order valence-corrected chi connectivity index (χ2v) is 5.90. The van der Waals surface area contributed by atoms with Crippen molar-refractivity contribution in [2.75, 3.05) is 20.3 Å². The Morgan fingerprint density at radius 2 is 1.95 bits per heavy atom. The smallest absolute Gasteiger partial charge is 0.172 e. The van der Waals surface area contributed by atoms with E-state index in [2.05, 4.69) is 36.5 Å². The fourth-order valence-electron chi connectivity index (χ4n) is 3.30. The van der Waals surface area contributed by atoms with Gasteiger partial charge in [0.1, 0.15) is 11.9 Å². The van der Waals surface area contributed by atoms with Gasteiger partial charge in [-0.1, -0.05) is 19.1 Å². The van der Waals surface area contributed by atoms with Crippen LogP contribution in [0.3, 0.4) is 0 Å². The fourth-order valence-corrected chi connectivity index (χ4v) is 3.30. The van der Waals surface area contributed by atoms with Crippen molar-refractivity contribution in [2.45, 2.75) is 50.5 Å². The van der Waals surface area contributed by atoms with Crippen LogP contribution in [0.25, 0.3) is 0 Å². The van der Waals surface area contributed by atoms with Gasteiger partial charge in [-0.3, -0.25) is 0 Å². The van der Waals surface area contributed by atoms with Crippen molar-refractivity contribution in [3.63, 3.8) is 0 Å². The predicted molar refractivity (Wildman–Crippen MR) is 81.6 cm³/mol. The van der Waals surface area contributed by atoms with Crippen LogP contribution in [0.1, 0.15) is 31.7 Å². The van der Waals surface area contributed by atoms with E-state index in [-0.39, 0.29) is 6.10 Å². The first kappa shape index (κ1) is 14.8. The van der Waals surface area contributed by atoms with Gasteiger partial charge >= 0.3 is 0 Å². The monoisotopic (exact) mass is 291 g/mol. The van der Waals surface area contributed by atoms with Gasteiger partial charge in [-0.05, 0) is 37.6 Å². The van der Waals surface area contributed by atoms with Crippen LogP contribution in [0.2, 0.25) is 0 Å². The van der Waals surface area contributed by atoms with Crippen LogP contribution in [0, 0.1) is 0 Å². The Balaban J connectivity index is 1.70. The molecule has 1 saturated carbocycles. The highest BCUT2D eigenvalue weighted by Gasteiger charge is 2.45. The van der Waals surface area contributed by atoms with Crippen LogP contribution in [0.15, 0.2) is 24.3 Å². The summed E-state index contributed by atoms with van der Waals surface area (Å²) in [6, 6.07) is 8.72. The molecule has 1 aliphatic carbocycles. The highest BCUT2D eigenvalue weighted by atomic mass is 16.7. The predicted octanol–water partition coefficient (Wildman–Crippen LogP) is 2.51. The van der Waals surface area contributed by atoms with Crippen LogP contribution in [-0.4, -0.2) is 38.2 Å². The van der Waals surface area contributed by atoms with E-state index in [1.807, 2.05) is 7.05 Å². The molecule has 2 fully saturated rings. The van der Waals surface area contributed by atoms with Gasteiger partial charge in [0.2, 0.25) is 0 Å². The van der Waals surface area contributed by atoms with Crippen LogP contribution < -0.4 is 10.1 Å². The number of hydrogen-bond acceptors (Lipinski definition) is 4. The summed E-state index contributed by atoms with van der Waals surface area (Å²) in [5.74, 6) is 0.508. The lowest BCUT2D eigenvalue weighted by Gasteiger charge is -2.40. The number of rotatable bonds is 4. The van der Waals surface area contributed by atoms with Gasteiger partial charge < -0.3 is 19.5 Å². The maximum absolute atomic E-state index is 6.22. The summed E-state index contributed by atoms with van der Waals surface area (Å²) in [5.41, 5.74) is 1.33. The topological polar surface area (TPSA) is 39.7 Å². The third-order valence-electron chi connectivity index (χ3n) is 4.60. The molecule has 116 valence electrons.